The number of nitrogens with one attached hydrogen (secondary N) is 1. The van der Waals surface area contributed by atoms with Crippen LogP contribution in [0.4, 0.5) is 0 Å². The van der Waals surface area contributed by atoms with Crippen LogP contribution >= 0.6 is 0 Å². The van der Waals surface area contributed by atoms with Crippen LogP contribution in [0.5, 0.6) is 0 Å². The predicted octanol–water partition coefficient (Wildman–Crippen LogP) is 2.11. The molecule has 1 fully saturated rings. The molecule has 14 heavy (non-hydrogen) atoms. The smallest absolute Gasteiger partial charge is 0.00474 e. The molecule has 1 unspecified atom stereocenters. The molecule has 84 valence electrons. The highest BCUT2D eigenvalue weighted by Crippen LogP contribution is 2.23. The lowest BCUT2D eigenvalue weighted by Crippen LogP contribution is -2.43. The van der Waals surface area contributed by atoms with Gasteiger partial charge in [0.15, 0.2) is 0 Å². The maximum atomic E-state index is 3.32. The van der Waals surface area contributed by atoms with Gasteiger partial charge in [-0.2, -0.15) is 0 Å². The summed E-state index contributed by atoms with van der Waals surface area (Å²) in [5.74, 6) is 0. The molecule has 2 heteroatoms. The van der Waals surface area contributed by atoms with Gasteiger partial charge in [0, 0.05) is 13.1 Å². The van der Waals surface area contributed by atoms with E-state index < -0.39 is 0 Å². The minimum atomic E-state index is 0.464. The van der Waals surface area contributed by atoms with E-state index in [2.05, 4.69) is 31.1 Å². The monoisotopic (exact) mass is 198 g/mol. The second-order valence-corrected chi connectivity index (χ2v) is 5.03. The highest BCUT2D eigenvalue weighted by molar-refractivity contribution is 4.80. The van der Waals surface area contributed by atoms with Crippen molar-refractivity contribution in [3.63, 3.8) is 0 Å². The molecule has 1 atom stereocenters. The van der Waals surface area contributed by atoms with Crippen LogP contribution in [0.1, 0.15) is 39.5 Å². The van der Waals surface area contributed by atoms with Crippen molar-refractivity contribution in [3.8, 4) is 0 Å². The Balaban J connectivity index is 2.37. The van der Waals surface area contributed by atoms with Gasteiger partial charge in [-0.15, -0.1) is 0 Å². The van der Waals surface area contributed by atoms with E-state index in [1.807, 2.05) is 0 Å². The minimum absolute atomic E-state index is 0.464. The van der Waals surface area contributed by atoms with E-state index in [0.29, 0.717) is 5.41 Å². The number of hydrogen-bond acceptors (Lipinski definition) is 2. The van der Waals surface area contributed by atoms with Crippen molar-refractivity contribution >= 4 is 0 Å². The van der Waals surface area contributed by atoms with Crippen LogP contribution in [0.15, 0.2) is 0 Å². The van der Waals surface area contributed by atoms with E-state index in [4.69, 9.17) is 0 Å². The summed E-state index contributed by atoms with van der Waals surface area (Å²) < 4.78 is 0. The first-order valence-electron chi connectivity index (χ1n) is 6.07. The Hall–Kier alpha value is -0.0800. The largest absolute Gasteiger partial charge is 0.319 e. The fraction of sp³-hybridized carbons (Fsp3) is 1.00. The van der Waals surface area contributed by atoms with E-state index in [1.165, 1.54) is 45.3 Å². The quantitative estimate of drug-likeness (QED) is 0.728. The molecule has 1 heterocycles. The summed E-state index contributed by atoms with van der Waals surface area (Å²) in [6.45, 7) is 9.75. The molecule has 1 aliphatic rings. The van der Waals surface area contributed by atoms with Gasteiger partial charge in [0.1, 0.15) is 0 Å². The Morgan fingerprint density at radius 3 is 2.36 bits per heavy atom. The third-order valence-corrected chi connectivity index (χ3v) is 3.51. The van der Waals surface area contributed by atoms with E-state index in [0.717, 1.165) is 6.54 Å². The van der Waals surface area contributed by atoms with E-state index in [1.54, 1.807) is 0 Å². The van der Waals surface area contributed by atoms with Gasteiger partial charge in [0.25, 0.3) is 0 Å². The lowest BCUT2D eigenvalue weighted by Gasteiger charge is -2.36. The topological polar surface area (TPSA) is 15.3 Å². The van der Waals surface area contributed by atoms with Gasteiger partial charge in [0.2, 0.25) is 0 Å². The van der Waals surface area contributed by atoms with Crippen molar-refractivity contribution in [2.45, 2.75) is 39.5 Å². The molecule has 0 saturated carbocycles. The van der Waals surface area contributed by atoms with Crippen molar-refractivity contribution in [2.75, 3.05) is 33.2 Å². The van der Waals surface area contributed by atoms with Gasteiger partial charge in [-0.25, -0.2) is 0 Å². The van der Waals surface area contributed by atoms with Crippen molar-refractivity contribution in [2.24, 2.45) is 5.41 Å². The first-order valence-corrected chi connectivity index (χ1v) is 6.07. The molecule has 0 radical (unpaired) electrons. The molecule has 0 amide bonds. The Labute approximate surface area is 89.1 Å². The van der Waals surface area contributed by atoms with Crippen LogP contribution in [0.25, 0.3) is 0 Å². The van der Waals surface area contributed by atoms with Crippen LogP contribution < -0.4 is 5.32 Å². The Bertz CT molecular complexity index is 152. The lowest BCUT2D eigenvalue weighted by atomic mass is 9.86. The minimum Gasteiger partial charge on any atom is -0.319 e. The Morgan fingerprint density at radius 1 is 1.21 bits per heavy atom. The summed E-state index contributed by atoms with van der Waals surface area (Å²) in [6, 6.07) is 0. The molecule has 1 rings (SSSR count). The summed E-state index contributed by atoms with van der Waals surface area (Å²) in [7, 11) is 2.06. The molecule has 0 spiro atoms. The molecule has 0 aromatic heterocycles. The van der Waals surface area contributed by atoms with Gasteiger partial charge in [0.05, 0.1) is 0 Å². The van der Waals surface area contributed by atoms with Crippen LogP contribution in [-0.4, -0.2) is 38.1 Å². The summed E-state index contributed by atoms with van der Waals surface area (Å²) in [4.78, 5) is 2.64. The average molecular weight is 198 g/mol. The van der Waals surface area contributed by atoms with Crippen LogP contribution in [0.2, 0.25) is 0 Å². The third-order valence-electron chi connectivity index (χ3n) is 3.51. The molecular formula is C12H26N2. The highest BCUT2D eigenvalue weighted by atomic mass is 15.1. The maximum Gasteiger partial charge on any atom is 0.00474 e. The normalized spacial score (nSPS) is 23.4. The fourth-order valence-electron chi connectivity index (χ4n) is 2.38. The number of rotatable bonds is 5. The van der Waals surface area contributed by atoms with Crippen molar-refractivity contribution in [3.05, 3.63) is 0 Å². The predicted molar refractivity (Wildman–Crippen MR) is 62.6 cm³/mol. The zero-order valence-electron chi connectivity index (χ0n) is 10.1. The summed E-state index contributed by atoms with van der Waals surface area (Å²) in [5.41, 5.74) is 0.464. The van der Waals surface area contributed by atoms with Gasteiger partial charge >= 0.3 is 0 Å². The van der Waals surface area contributed by atoms with Crippen LogP contribution in [0.3, 0.4) is 0 Å². The second-order valence-electron chi connectivity index (χ2n) is 5.03. The van der Waals surface area contributed by atoms with E-state index in [9.17, 15) is 0 Å². The van der Waals surface area contributed by atoms with Crippen molar-refractivity contribution < 1.29 is 0 Å². The molecule has 1 aliphatic heterocycles. The molecule has 0 aliphatic carbocycles. The SMILES string of the molecule is CCC(C)(CNC)CN1CCCCC1. The molecule has 1 N–H and O–H groups in total. The zero-order valence-corrected chi connectivity index (χ0v) is 10.1. The summed E-state index contributed by atoms with van der Waals surface area (Å²) in [5, 5.41) is 3.32. The third kappa shape index (κ3) is 3.58. The van der Waals surface area contributed by atoms with Gasteiger partial charge in [-0.3, -0.25) is 0 Å². The number of nitrogens with zero attached hydrogens (tertiary/aromatic N) is 1. The zero-order chi connectivity index (χ0) is 10.4. The first-order chi connectivity index (χ1) is 6.70. The van der Waals surface area contributed by atoms with Crippen molar-refractivity contribution in [1.82, 2.24) is 10.2 Å². The van der Waals surface area contributed by atoms with Gasteiger partial charge < -0.3 is 10.2 Å². The lowest BCUT2D eigenvalue weighted by molar-refractivity contribution is 0.136. The molecule has 1 saturated heterocycles. The standard InChI is InChI=1S/C12H26N2/c1-4-12(2,10-13-3)11-14-8-6-5-7-9-14/h13H,4-11H2,1-3H3. The fourth-order valence-corrected chi connectivity index (χ4v) is 2.38. The van der Waals surface area contributed by atoms with E-state index >= 15 is 0 Å². The Morgan fingerprint density at radius 2 is 1.86 bits per heavy atom. The summed E-state index contributed by atoms with van der Waals surface area (Å²) in [6.07, 6.45) is 5.51. The van der Waals surface area contributed by atoms with Crippen LogP contribution in [0, 0.1) is 5.41 Å². The second kappa shape index (κ2) is 5.72. The number of hydrogen-bond donors (Lipinski definition) is 1. The number of piperidine rings is 1. The molecule has 0 aromatic carbocycles. The molecular weight excluding hydrogens is 172 g/mol. The average Bonchev–Trinajstić information content (AvgIpc) is 2.20. The van der Waals surface area contributed by atoms with Gasteiger partial charge in [-0.05, 0) is 44.8 Å². The number of likely N-dealkylation sites (tertiary alicyclic amines) is 1. The maximum absolute atomic E-state index is 3.32. The first kappa shape index (κ1) is 12.0. The Kier molecular flexibility index (Phi) is 4.90. The highest BCUT2D eigenvalue weighted by Gasteiger charge is 2.25. The van der Waals surface area contributed by atoms with Crippen LogP contribution in [-0.2, 0) is 0 Å². The molecule has 0 bridgehead atoms. The molecule has 2 nitrogen and oxygen atoms in total. The molecule has 0 aromatic rings. The van der Waals surface area contributed by atoms with E-state index in [-0.39, 0.29) is 0 Å². The van der Waals surface area contributed by atoms with Crippen molar-refractivity contribution in [1.29, 1.82) is 0 Å². The summed E-state index contributed by atoms with van der Waals surface area (Å²) >= 11 is 0. The van der Waals surface area contributed by atoms with Gasteiger partial charge in [-0.1, -0.05) is 20.3 Å².